The Labute approximate surface area is 113 Å². The lowest BCUT2D eigenvalue weighted by Crippen LogP contribution is -2.05. The molecule has 0 saturated carbocycles. The van der Waals surface area contributed by atoms with E-state index in [1.54, 1.807) is 24.3 Å². The predicted octanol–water partition coefficient (Wildman–Crippen LogP) is 3.67. The van der Waals surface area contributed by atoms with Gasteiger partial charge in [0.2, 0.25) is 0 Å². The van der Waals surface area contributed by atoms with Gasteiger partial charge in [0, 0.05) is 5.56 Å². The molecule has 2 aromatic rings. The van der Waals surface area contributed by atoms with Gasteiger partial charge >= 0.3 is 5.97 Å². The molecule has 1 aromatic heterocycles. The van der Waals surface area contributed by atoms with Gasteiger partial charge in [-0.3, -0.25) is 0 Å². The molecule has 1 heterocycles. The van der Waals surface area contributed by atoms with E-state index in [1.165, 1.54) is 0 Å². The van der Waals surface area contributed by atoms with Crippen LogP contribution in [0.5, 0.6) is 0 Å². The molecule has 4 heteroatoms. The molecule has 19 heavy (non-hydrogen) atoms. The van der Waals surface area contributed by atoms with Crippen molar-refractivity contribution in [3.8, 4) is 0 Å². The van der Waals surface area contributed by atoms with Gasteiger partial charge < -0.3 is 9.26 Å². The van der Waals surface area contributed by atoms with Gasteiger partial charge in [-0.2, -0.15) is 0 Å². The van der Waals surface area contributed by atoms with Crippen molar-refractivity contribution >= 4 is 5.97 Å². The molecular formula is C15H19NO3. The molecule has 0 fully saturated rings. The molecule has 0 bridgehead atoms. The quantitative estimate of drug-likeness (QED) is 0.791. The van der Waals surface area contributed by atoms with Crippen LogP contribution >= 0.6 is 0 Å². The molecule has 0 N–H and O–H groups in total. The maximum absolute atomic E-state index is 11.7. The normalized spacial score (nSPS) is 9.47. The van der Waals surface area contributed by atoms with Crippen molar-refractivity contribution in [2.45, 2.75) is 34.3 Å². The SMILES string of the molecule is CC.Cc1noc(COC(=O)c2ccccc2)c1C. The van der Waals surface area contributed by atoms with Gasteiger partial charge in [0.15, 0.2) is 12.4 Å². The molecule has 0 unspecified atom stereocenters. The molecule has 0 spiro atoms. The van der Waals surface area contributed by atoms with Crippen molar-refractivity contribution < 1.29 is 14.1 Å². The van der Waals surface area contributed by atoms with E-state index in [0.29, 0.717) is 11.3 Å². The second kappa shape index (κ2) is 7.36. The number of carbonyl (C=O) groups excluding carboxylic acids is 1. The number of carbonyl (C=O) groups is 1. The van der Waals surface area contributed by atoms with E-state index in [2.05, 4.69) is 5.16 Å². The molecule has 0 aliphatic rings. The Hall–Kier alpha value is -2.10. The van der Waals surface area contributed by atoms with Crippen molar-refractivity contribution in [2.75, 3.05) is 0 Å². The first kappa shape index (κ1) is 15.0. The Bertz CT molecular complexity index is 517. The van der Waals surface area contributed by atoms with Gasteiger partial charge in [0.05, 0.1) is 11.3 Å². The Morgan fingerprint density at radius 1 is 1.21 bits per heavy atom. The van der Waals surface area contributed by atoms with Gasteiger partial charge in [-0.05, 0) is 26.0 Å². The molecule has 1 aromatic carbocycles. The largest absolute Gasteiger partial charge is 0.454 e. The fraction of sp³-hybridized carbons (Fsp3) is 0.333. The highest BCUT2D eigenvalue weighted by atomic mass is 16.5. The topological polar surface area (TPSA) is 52.3 Å². The molecule has 2 rings (SSSR count). The zero-order chi connectivity index (χ0) is 14.3. The molecular weight excluding hydrogens is 242 g/mol. The fourth-order valence-electron chi connectivity index (χ4n) is 1.39. The smallest absolute Gasteiger partial charge is 0.338 e. The summed E-state index contributed by atoms with van der Waals surface area (Å²) >= 11 is 0. The summed E-state index contributed by atoms with van der Waals surface area (Å²) in [5, 5.41) is 3.80. The Morgan fingerprint density at radius 2 is 1.84 bits per heavy atom. The van der Waals surface area contributed by atoms with E-state index in [4.69, 9.17) is 9.26 Å². The molecule has 0 aliphatic carbocycles. The standard InChI is InChI=1S/C13H13NO3.C2H6/c1-9-10(2)14-17-12(9)8-16-13(15)11-6-4-3-5-7-11;1-2/h3-7H,8H2,1-2H3;1-2H3. The van der Waals surface area contributed by atoms with E-state index >= 15 is 0 Å². The lowest BCUT2D eigenvalue weighted by atomic mass is 10.2. The summed E-state index contributed by atoms with van der Waals surface area (Å²) in [6, 6.07) is 8.85. The van der Waals surface area contributed by atoms with Crippen LogP contribution < -0.4 is 0 Å². The van der Waals surface area contributed by atoms with Gasteiger partial charge in [0.1, 0.15) is 0 Å². The van der Waals surface area contributed by atoms with Crippen LogP contribution in [0, 0.1) is 13.8 Å². The highest BCUT2D eigenvalue weighted by Gasteiger charge is 2.12. The van der Waals surface area contributed by atoms with Crippen LogP contribution in [0.25, 0.3) is 0 Å². The molecule has 102 valence electrons. The fourth-order valence-corrected chi connectivity index (χ4v) is 1.39. The van der Waals surface area contributed by atoms with Gasteiger partial charge in [-0.15, -0.1) is 0 Å². The number of aryl methyl sites for hydroxylation is 1. The van der Waals surface area contributed by atoms with Crippen molar-refractivity contribution in [3.63, 3.8) is 0 Å². The van der Waals surface area contributed by atoms with Gasteiger partial charge in [0.25, 0.3) is 0 Å². The summed E-state index contributed by atoms with van der Waals surface area (Å²) < 4.78 is 10.2. The Balaban J connectivity index is 0.000000861. The van der Waals surface area contributed by atoms with Crippen molar-refractivity contribution in [2.24, 2.45) is 0 Å². The summed E-state index contributed by atoms with van der Waals surface area (Å²) in [4.78, 5) is 11.7. The van der Waals surface area contributed by atoms with E-state index < -0.39 is 0 Å². The van der Waals surface area contributed by atoms with E-state index in [9.17, 15) is 4.79 Å². The molecule has 0 aliphatic heterocycles. The van der Waals surface area contributed by atoms with Gasteiger partial charge in [-0.25, -0.2) is 4.79 Å². The molecule has 0 atom stereocenters. The van der Waals surface area contributed by atoms with Crippen LogP contribution in [-0.4, -0.2) is 11.1 Å². The van der Waals surface area contributed by atoms with Crippen LogP contribution in [0.4, 0.5) is 0 Å². The number of benzene rings is 1. The summed E-state index contributed by atoms with van der Waals surface area (Å²) in [7, 11) is 0. The van der Waals surface area contributed by atoms with E-state index in [-0.39, 0.29) is 12.6 Å². The lowest BCUT2D eigenvalue weighted by Gasteiger charge is -2.02. The number of ether oxygens (including phenoxy) is 1. The minimum Gasteiger partial charge on any atom is -0.454 e. The maximum Gasteiger partial charge on any atom is 0.338 e. The third-order valence-corrected chi connectivity index (χ3v) is 2.60. The zero-order valence-electron chi connectivity index (χ0n) is 11.8. The second-order valence-corrected chi connectivity index (χ2v) is 3.76. The van der Waals surface area contributed by atoms with Crippen LogP contribution in [0.3, 0.4) is 0 Å². The lowest BCUT2D eigenvalue weighted by molar-refractivity contribution is 0.0436. The maximum atomic E-state index is 11.7. The van der Waals surface area contributed by atoms with Crippen LogP contribution in [0.1, 0.15) is 41.2 Å². The number of nitrogens with zero attached hydrogens (tertiary/aromatic N) is 1. The predicted molar refractivity (Wildman–Crippen MR) is 72.9 cm³/mol. The molecule has 0 saturated heterocycles. The first-order valence-corrected chi connectivity index (χ1v) is 6.32. The summed E-state index contributed by atoms with van der Waals surface area (Å²) in [5.74, 6) is 0.228. The number of hydrogen-bond donors (Lipinski definition) is 0. The Morgan fingerprint density at radius 3 is 2.37 bits per heavy atom. The summed E-state index contributed by atoms with van der Waals surface area (Å²) in [6.07, 6.45) is 0. The number of hydrogen-bond acceptors (Lipinski definition) is 4. The molecule has 4 nitrogen and oxygen atoms in total. The third-order valence-electron chi connectivity index (χ3n) is 2.60. The van der Waals surface area contributed by atoms with E-state index in [1.807, 2.05) is 33.8 Å². The molecule has 0 amide bonds. The number of aromatic nitrogens is 1. The first-order chi connectivity index (χ1) is 9.18. The van der Waals surface area contributed by atoms with Crippen molar-refractivity contribution in [1.82, 2.24) is 5.16 Å². The number of esters is 1. The molecule has 0 radical (unpaired) electrons. The van der Waals surface area contributed by atoms with Gasteiger partial charge in [-0.1, -0.05) is 37.2 Å². The van der Waals surface area contributed by atoms with Crippen LogP contribution in [-0.2, 0) is 11.3 Å². The monoisotopic (exact) mass is 261 g/mol. The van der Waals surface area contributed by atoms with E-state index in [0.717, 1.165) is 11.3 Å². The minimum atomic E-state index is -0.362. The van der Waals surface area contributed by atoms with Crippen LogP contribution in [0.2, 0.25) is 0 Å². The van der Waals surface area contributed by atoms with Crippen molar-refractivity contribution in [3.05, 3.63) is 52.9 Å². The highest BCUT2D eigenvalue weighted by Crippen LogP contribution is 2.13. The Kier molecular flexibility index (Phi) is 5.79. The average molecular weight is 261 g/mol. The highest BCUT2D eigenvalue weighted by molar-refractivity contribution is 5.89. The average Bonchev–Trinajstić information content (AvgIpc) is 2.79. The third kappa shape index (κ3) is 3.95. The second-order valence-electron chi connectivity index (χ2n) is 3.76. The zero-order valence-corrected chi connectivity index (χ0v) is 11.8. The first-order valence-electron chi connectivity index (χ1n) is 6.32. The van der Waals surface area contributed by atoms with Crippen molar-refractivity contribution in [1.29, 1.82) is 0 Å². The number of rotatable bonds is 3. The minimum absolute atomic E-state index is 0.112. The van der Waals surface area contributed by atoms with Crippen LogP contribution in [0.15, 0.2) is 34.9 Å². The summed E-state index contributed by atoms with van der Waals surface area (Å²) in [5.41, 5.74) is 2.27. The summed E-state index contributed by atoms with van der Waals surface area (Å²) in [6.45, 7) is 7.85.